The fraction of sp³-hybridized carbons (Fsp3) is 0.556. The molecule has 0 aromatic heterocycles. The summed E-state index contributed by atoms with van der Waals surface area (Å²) in [4.78, 5) is 26.6. The summed E-state index contributed by atoms with van der Waals surface area (Å²) in [5.74, 6) is -0.404. The van der Waals surface area contributed by atoms with Crippen LogP contribution in [0.15, 0.2) is 18.2 Å². The van der Waals surface area contributed by atoms with Gasteiger partial charge in [0, 0.05) is 32.7 Å². The van der Waals surface area contributed by atoms with Crippen LogP contribution in [0.2, 0.25) is 0 Å². The number of para-hydroxylation sites is 1. The topological polar surface area (TPSA) is 123 Å². The highest BCUT2D eigenvalue weighted by Crippen LogP contribution is 2.32. The van der Waals surface area contributed by atoms with Crippen LogP contribution in [0.25, 0.3) is 0 Å². The molecule has 0 atom stereocenters. The van der Waals surface area contributed by atoms with Crippen LogP contribution in [0.5, 0.6) is 5.75 Å². The minimum absolute atomic E-state index is 0.270. The van der Waals surface area contributed by atoms with Gasteiger partial charge in [-0.25, -0.2) is 0 Å². The predicted octanol–water partition coefficient (Wildman–Crippen LogP) is -1.31. The second kappa shape index (κ2) is 10.7. The van der Waals surface area contributed by atoms with E-state index in [4.69, 9.17) is 14.9 Å². The van der Waals surface area contributed by atoms with Crippen molar-refractivity contribution in [2.24, 2.45) is 0 Å². The Kier molecular flexibility index (Phi) is 8.31. The first-order chi connectivity index (χ1) is 13.1. The molecular weight excluding hydrogens is 352 g/mol. The Morgan fingerprint density at radius 1 is 1.26 bits per heavy atom. The van der Waals surface area contributed by atoms with Crippen LogP contribution in [0.4, 0.5) is 5.69 Å². The second-order valence-electron chi connectivity index (χ2n) is 6.17. The van der Waals surface area contributed by atoms with Crippen molar-refractivity contribution in [1.82, 2.24) is 16.0 Å². The quantitative estimate of drug-likeness (QED) is 0.361. The third-order valence-corrected chi connectivity index (χ3v) is 4.19. The smallest absolute Gasteiger partial charge is 0.258 e. The molecule has 0 unspecified atom stereocenters. The number of carbonyl (C=O) groups is 2. The fourth-order valence-corrected chi connectivity index (χ4v) is 2.82. The third-order valence-electron chi connectivity index (χ3n) is 4.19. The van der Waals surface area contributed by atoms with Crippen LogP contribution >= 0.6 is 0 Å². The van der Waals surface area contributed by atoms with Gasteiger partial charge in [0.05, 0.1) is 30.5 Å². The SMILES string of the molecule is CCNC(=O)c1cccc(N2CCNCC2)c1OCC(=O)NC(CO)CO. The molecule has 1 aromatic carbocycles. The van der Waals surface area contributed by atoms with E-state index < -0.39 is 11.9 Å². The summed E-state index contributed by atoms with van der Waals surface area (Å²) in [5.41, 5.74) is 1.12. The van der Waals surface area contributed by atoms with E-state index in [0.29, 0.717) is 17.9 Å². The van der Waals surface area contributed by atoms with E-state index in [2.05, 4.69) is 20.9 Å². The van der Waals surface area contributed by atoms with Gasteiger partial charge in [0.1, 0.15) is 0 Å². The Bertz CT molecular complexity index is 630. The molecule has 1 saturated heterocycles. The molecule has 0 spiro atoms. The van der Waals surface area contributed by atoms with Crippen molar-refractivity contribution in [3.05, 3.63) is 23.8 Å². The molecule has 9 nitrogen and oxygen atoms in total. The van der Waals surface area contributed by atoms with E-state index in [-0.39, 0.29) is 25.7 Å². The Hall–Kier alpha value is -2.36. The van der Waals surface area contributed by atoms with E-state index in [1.54, 1.807) is 12.1 Å². The molecule has 1 heterocycles. The van der Waals surface area contributed by atoms with Gasteiger partial charge >= 0.3 is 0 Å². The maximum absolute atomic E-state index is 12.4. The number of nitrogens with zero attached hydrogens (tertiary/aromatic N) is 1. The van der Waals surface area contributed by atoms with Crippen molar-refractivity contribution in [3.8, 4) is 5.75 Å². The van der Waals surface area contributed by atoms with Crippen molar-refractivity contribution in [1.29, 1.82) is 0 Å². The summed E-state index contributed by atoms with van der Waals surface area (Å²) in [6.07, 6.45) is 0. The number of hydrogen-bond donors (Lipinski definition) is 5. The molecule has 9 heteroatoms. The van der Waals surface area contributed by atoms with Gasteiger partial charge in [-0.3, -0.25) is 9.59 Å². The normalized spacial score (nSPS) is 14.1. The van der Waals surface area contributed by atoms with Crippen LogP contribution in [0.1, 0.15) is 17.3 Å². The molecule has 2 amide bonds. The first-order valence-corrected chi connectivity index (χ1v) is 9.11. The van der Waals surface area contributed by atoms with Gasteiger partial charge in [0.2, 0.25) is 0 Å². The Labute approximate surface area is 158 Å². The van der Waals surface area contributed by atoms with Gasteiger partial charge in [-0.05, 0) is 19.1 Å². The number of amides is 2. The maximum atomic E-state index is 12.4. The molecule has 0 bridgehead atoms. The molecule has 2 rings (SSSR count). The van der Waals surface area contributed by atoms with Gasteiger partial charge in [-0.1, -0.05) is 6.07 Å². The summed E-state index contributed by atoms with van der Waals surface area (Å²) >= 11 is 0. The molecule has 1 aliphatic heterocycles. The highest BCUT2D eigenvalue weighted by molar-refractivity contribution is 5.99. The summed E-state index contributed by atoms with van der Waals surface area (Å²) in [6.45, 7) is 4.40. The van der Waals surface area contributed by atoms with Gasteiger partial charge in [-0.2, -0.15) is 0 Å². The summed E-state index contributed by atoms with van der Waals surface area (Å²) in [5, 5.41) is 26.6. The minimum Gasteiger partial charge on any atom is -0.481 e. The Balaban J connectivity index is 2.21. The van der Waals surface area contributed by atoms with Crippen LogP contribution in [-0.4, -0.2) is 80.6 Å². The average molecular weight is 380 g/mol. The van der Waals surface area contributed by atoms with Gasteiger partial charge in [0.25, 0.3) is 11.8 Å². The zero-order chi connectivity index (χ0) is 19.6. The minimum atomic E-state index is -0.743. The van der Waals surface area contributed by atoms with Crippen molar-refractivity contribution < 1.29 is 24.5 Å². The van der Waals surface area contributed by atoms with Crippen molar-refractivity contribution in [2.75, 3.05) is 57.4 Å². The van der Waals surface area contributed by atoms with Crippen LogP contribution in [-0.2, 0) is 4.79 Å². The number of carbonyl (C=O) groups excluding carboxylic acids is 2. The number of anilines is 1. The van der Waals surface area contributed by atoms with E-state index in [0.717, 1.165) is 31.9 Å². The molecule has 1 fully saturated rings. The van der Waals surface area contributed by atoms with E-state index in [1.807, 2.05) is 13.0 Å². The van der Waals surface area contributed by atoms with E-state index in [1.165, 1.54) is 0 Å². The fourth-order valence-electron chi connectivity index (χ4n) is 2.82. The first kappa shape index (κ1) is 20.9. The molecule has 0 saturated carbocycles. The number of nitrogens with one attached hydrogen (secondary N) is 3. The monoisotopic (exact) mass is 380 g/mol. The van der Waals surface area contributed by atoms with Gasteiger partial charge in [0.15, 0.2) is 12.4 Å². The van der Waals surface area contributed by atoms with Crippen LogP contribution < -0.4 is 25.6 Å². The standard InChI is InChI=1S/C18H28N4O5/c1-2-20-18(26)14-4-3-5-15(22-8-6-19-7-9-22)17(14)27-12-16(25)21-13(10-23)11-24/h3-5,13,19,23-24H,2,6-12H2,1H3,(H,20,26)(H,21,25). The lowest BCUT2D eigenvalue weighted by atomic mass is 10.1. The number of rotatable bonds is 9. The molecule has 1 aliphatic rings. The summed E-state index contributed by atoms with van der Waals surface area (Å²) in [6, 6.07) is 4.58. The van der Waals surface area contributed by atoms with E-state index >= 15 is 0 Å². The molecular formula is C18H28N4O5. The molecule has 0 aliphatic carbocycles. The predicted molar refractivity (Wildman–Crippen MR) is 101 cm³/mol. The van der Waals surface area contributed by atoms with Gasteiger partial charge in [-0.15, -0.1) is 0 Å². The summed E-state index contributed by atoms with van der Waals surface area (Å²) in [7, 11) is 0. The number of ether oxygens (including phenoxy) is 1. The highest BCUT2D eigenvalue weighted by Gasteiger charge is 2.22. The largest absolute Gasteiger partial charge is 0.481 e. The number of aliphatic hydroxyl groups excluding tert-OH is 2. The first-order valence-electron chi connectivity index (χ1n) is 9.11. The zero-order valence-electron chi connectivity index (χ0n) is 15.5. The average Bonchev–Trinajstić information content (AvgIpc) is 2.71. The van der Waals surface area contributed by atoms with Crippen LogP contribution in [0, 0.1) is 0 Å². The highest BCUT2D eigenvalue weighted by atomic mass is 16.5. The molecule has 5 N–H and O–H groups in total. The second-order valence-corrected chi connectivity index (χ2v) is 6.17. The number of hydrogen-bond acceptors (Lipinski definition) is 7. The lowest BCUT2D eigenvalue weighted by Crippen LogP contribution is -2.44. The lowest BCUT2D eigenvalue weighted by Gasteiger charge is -2.31. The Morgan fingerprint density at radius 3 is 2.59 bits per heavy atom. The van der Waals surface area contributed by atoms with Crippen molar-refractivity contribution in [2.45, 2.75) is 13.0 Å². The molecule has 27 heavy (non-hydrogen) atoms. The van der Waals surface area contributed by atoms with Gasteiger partial charge < -0.3 is 35.8 Å². The maximum Gasteiger partial charge on any atom is 0.258 e. The lowest BCUT2D eigenvalue weighted by molar-refractivity contribution is -0.124. The molecule has 150 valence electrons. The van der Waals surface area contributed by atoms with Crippen molar-refractivity contribution >= 4 is 17.5 Å². The number of piperazine rings is 1. The molecule has 0 radical (unpaired) electrons. The van der Waals surface area contributed by atoms with E-state index in [9.17, 15) is 9.59 Å². The molecule has 1 aromatic rings. The zero-order valence-corrected chi connectivity index (χ0v) is 15.5. The van der Waals surface area contributed by atoms with Crippen LogP contribution in [0.3, 0.4) is 0 Å². The van der Waals surface area contributed by atoms with Crippen molar-refractivity contribution in [3.63, 3.8) is 0 Å². The number of aliphatic hydroxyl groups is 2. The third kappa shape index (κ3) is 5.81. The Morgan fingerprint density at radius 2 is 1.96 bits per heavy atom. The summed E-state index contributed by atoms with van der Waals surface area (Å²) < 4.78 is 5.74. The number of benzene rings is 1.